The highest BCUT2D eigenvalue weighted by molar-refractivity contribution is 7.10. The van der Waals surface area contributed by atoms with Crippen LogP contribution in [0.2, 0.25) is 0 Å². The lowest BCUT2D eigenvalue weighted by molar-refractivity contribution is -0.120. The maximum atomic E-state index is 11.6. The maximum Gasteiger partial charge on any atom is 0.229 e. The van der Waals surface area contributed by atoms with Crippen molar-refractivity contribution in [3.8, 4) is 0 Å². The average Bonchev–Trinajstić information content (AvgIpc) is 2.66. The van der Waals surface area contributed by atoms with Gasteiger partial charge in [0.05, 0.1) is 11.6 Å². The van der Waals surface area contributed by atoms with Gasteiger partial charge < -0.3 is 10.6 Å². The minimum Gasteiger partial charge on any atom is -0.325 e. The fourth-order valence-corrected chi connectivity index (χ4v) is 3.19. The molecule has 0 saturated carbocycles. The van der Waals surface area contributed by atoms with Gasteiger partial charge in [-0.1, -0.05) is 0 Å². The Morgan fingerprint density at radius 1 is 1.36 bits per heavy atom. The Balaban J connectivity index is 0.000000750. The molecule has 3 nitrogen and oxygen atoms in total. The van der Waals surface area contributed by atoms with E-state index in [0.29, 0.717) is 5.92 Å². The van der Waals surface area contributed by atoms with Gasteiger partial charge >= 0.3 is 0 Å². The second kappa shape index (κ2) is 3.53. The van der Waals surface area contributed by atoms with Gasteiger partial charge in [0.15, 0.2) is 0 Å². The number of thiophene rings is 1. The summed E-state index contributed by atoms with van der Waals surface area (Å²) < 4.78 is 0. The molecule has 5 heteroatoms. The van der Waals surface area contributed by atoms with Crippen molar-refractivity contribution >= 4 is 35.3 Å². The topological polar surface area (TPSA) is 41.1 Å². The molecule has 2 aliphatic heterocycles. The summed E-state index contributed by atoms with van der Waals surface area (Å²) in [7, 11) is 0. The Hall–Kier alpha value is -0.580. The largest absolute Gasteiger partial charge is 0.325 e. The van der Waals surface area contributed by atoms with E-state index in [1.807, 2.05) is 11.4 Å². The van der Waals surface area contributed by atoms with Gasteiger partial charge in [-0.2, -0.15) is 0 Å². The number of hydrogen-bond acceptors (Lipinski definition) is 3. The standard InChI is InChI=1S/C9H10N2OS.ClH/c12-9-6-4-10-3-5(6)8-7(11-9)1-2-13-8;/h1-2,5-6,10H,3-4H2,(H,11,12);1H/t5-,6-;/m0./s1. The van der Waals surface area contributed by atoms with Gasteiger partial charge in [0.1, 0.15) is 0 Å². The van der Waals surface area contributed by atoms with Crippen LogP contribution in [0.25, 0.3) is 0 Å². The number of nitrogens with one attached hydrogen (secondary N) is 2. The number of carbonyl (C=O) groups excluding carboxylic acids is 1. The minimum atomic E-state index is 0. The summed E-state index contributed by atoms with van der Waals surface area (Å²) in [6.07, 6.45) is 0. The third-order valence-electron chi connectivity index (χ3n) is 2.84. The Kier molecular flexibility index (Phi) is 2.51. The SMILES string of the molecule is Cl.O=C1Nc2ccsc2[C@H]2CNC[C@H]12. The van der Waals surface area contributed by atoms with Crippen LogP contribution in [0.5, 0.6) is 0 Å². The van der Waals surface area contributed by atoms with Gasteiger partial charge in [-0.15, -0.1) is 23.7 Å². The molecule has 14 heavy (non-hydrogen) atoms. The van der Waals surface area contributed by atoms with E-state index in [9.17, 15) is 4.79 Å². The van der Waals surface area contributed by atoms with Crippen LogP contribution < -0.4 is 10.6 Å². The first kappa shape index (κ1) is 9.96. The van der Waals surface area contributed by atoms with Crippen molar-refractivity contribution in [3.63, 3.8) is 0 Å². The van der Waals surface area contributed by atoms with Crippen molar-refractivity contribution in [2.75, 3.05) is 18.4 Å². The highest BCUT2D eigenvalue weighted by Gasteiger charge is 2.39. The number of rotatable bonds is 0. The molecule has 0 aromatic carbocycles. The molecular weight excluding hydrogens is 220 g/mol. The average molecular weight is 231 g/mol. The highest BCUT2D eigenvalue weighted by Crippen LogP contribution is 2.41. The molecule has 2 aliphatic rings. The van der Waals surface area contributed by atoms with Gasteiger partial charge in [0, 0.05) is 23.9 Å². The molecular formula is C9H11ClN2OS. The van der Waals surface area contributed by atoms with Crippen LogP contribution in [0.4, 0.5) is 5.69 Å². The van der Waals surface area contributed by atoms with Crippen molar-refractivity contribution < 1.29 is 4.79 Å². The Morgan fingerprint density at radius 3 is 3.00 bits per heavy atom. The van der Waals surface area contributed by atoms with E-state index >= 15 is 0 Å². The molecule has 1 aromatic heterocycles. The lowest BCUT2D eigenvalue weighted by Gasteiger charge is -2.23. The van der Waals surface area contributed by atoms with E-state index in [4.69, 9.17) is 0 Å². The van der Waals surface area contributed by atoms with Crippen molar-refractivity contribution in [1.29, 1.82) is 0 Å². The van der Waals surface area contributed by atoms with Gasteiger partial charge in [0.2, 0.25) is 5.91 Å². The number of halogens is 1. The second-order valence-electron chi connectivity index (χ2n) is 3.56. The zero-order chi connectivity index (χ0) is 8.84. The van der Waals surface area contributed by atoms with Crippen LogP contribution in [-0.4, -0.2) is 19.0 Å². The van der Waals surface area contributed by atoms with Crippen molar-refractivity contribution in [2.24, 2.45) is 5.92 Å². The molecule has 1 aromatic rings. The number of carbonyl (C=O) groups is 1. The zero-order valence-corrected chi connectivity index (χ0v) is 9.08. The summed E-state index contributed by atoms with van der Waals surface area (Å²) in [6.45, 7) is 1.78. The fourth-order valence-electron chi connectivity index (χ4n) is 2.17. The predicted octanol–water partition coefficient (Wildman–Crippen LogP) is 1.43. The summed E-state index contributed by atoms with van der Waals surface area (Å²) in [5.74, 6) is 0.760. The fraction of sp³-hybridized carbons (Fsp3) is 0.444. The summed E-state index contributed by atoms with van der Waals surface area (Å²) in [5.41, 5.74) is 1.03. The number of anilines is 1. The lowest BCUT2D eigenvalue weighted by atomic mass is 9.90. The normalized spacial score (nSPS) is 28.7. The molecule has 76 valence electrons. The van der Waals surface area contributed by atoms with E-state index in [0.717, 1.165) is 18.8 Å². The third-order valence-corrected chi connectivity index (χ3v) is 3.89. The molecule has 0 spiro atoms. The first-order valence-electron chi connectivity index (χ1n) is 4.45. The molecule has 1 saturated heterocycles. The van der Waals surface area contributed by atoms with Crippen molar-refractivity contribution in [1.82, 2.24) is 5.32 Å². The van der Waals surface area contributed by atoms with Crippen LogP contribution >= 0.6 is 23.7 Å². The van der Waals surface area contributed by atoms with Crippen LogP contribution in [0.1, 0.15) is 10.8 Å². The predicted molar refractivity (Wildman–Crippen MR) is 59.3 cm³/mol. The minimum absolute atomic E-state index is 0. The van der Waals surface area contributed by atoms with Gasteiger partial charge in [-0.25, -0.2) is 0 Å². The Labute approximate surface area is 92.3 Å². The molecule has 0 unspecified atom stereocenters. The van der Waals surface area contributed by atoms with E-state index in [2.05, 4.69) is 10.6 Å². The molecule has 2 atom stereocenters. The molecule has 0 radical (unpaired) electrons. The van der Waals surface area contributed by atoms with Crippen molar-refractivity contribution in [3.05, 3.63) is 16.3 Å². The Morgan fingerprint density at radius 2 is 2.14 bits per heavy atom. The van der Waals surface area contributed by atoms with E-state index in [1.54, 1.807) is 11.3 Å². The first-order chi connectivity index (χ1) is 6.36. The summed E-state index contributed by atoms with van der Waals surface area (Å²) in [4.78, 5) is 12.9. The summed E-state index contributed by atoms with van der Waals surface area (Å²) in [5, 5.41) is 8.26. The lowest BCUT2D eigenvalue weighted by Crippen LogP contribution is -2.31. The summed E-state index contributed by atoms with van der Waals surface area (Å²) in [6, 6.07) is 1.99. The smallest absolute Gasteiger partial charge is 0.229 e. The van der Waals surface area contributed by atoms with Crippen LogP contribution in [0.3, 0.4) is 0 Å². The van der Waals surface area contributed by atoms with E-state index < -0.39 is 0 Å². The second-order valence-corrected chi connectivity index (χ2v) is 4.51. The van der Waals surface area contributed by atoms with E-state index in [-0.39, 0.29) is 24.2 Å². The van der Waals surface area contributed by atoms with Crippen molar-refractivity contribution in [2.45, 2.75) is 5.92 Å². The van der Waals surface area contributed by atoms with Crippen LogP contribution in [0.15, 0.2) is 11.4 Å². The molecule has 0 bridgehead atoms. The molecule has 2 N–H and O–H groups in total. The van der Waals surface area contributed by atoms with Crippen LogP contribution in [-0.2, 0) is 4.79 Å². The Bertz CT molecular complexity index is 365. The third kappa shape index (κ3) is 1.26. The quantitative estimate of drug-likeness (QED) is 0.708. The van der Waals surface area contributed by atoms with E-state index in [1.165, 1.54) is 4.88 Å². The number of amides is 1. The van der Waals surface area contributed by atoms with Gasteiger partial charge in [-0.3, -0.25) is 4.79 Å². The monoisotopic (exact) mass is 230 g/mol. The highest BCUT2D eigenvalue weighted by atomic mass is 35.5. The first-order valence-corrected chi connectivity index (χ1v) is 5.33. The number of hydrogen-bond donors (Lipinski definition) is 2. The molecule has 1 amide bonds. The van der Waals surface area contributed by atoms with Gasteiger partial charge in [-0.05, 0) is 11.4 Å². The molecule has 1 fully saturated rings. The van der Waals surface area contributed by atoms with Crippen LogP contribution in [0, 0.1) is 5.92 Å². The molecule has 3 rings (SSSR count). The maximum absolute atomic E-state index is 11.6. The molecule has 3 heterocycles. The zero-order valence-electron chi connectivity index (χ0n) is 7.45. The molecule has 0 aliphatic carbocycles. The number of fused-ring (bicyclic) bond motifs is 3. The van der Waals surface area contributed by atoms with Gasteiger partial charge in [0.25, 0.3) is 0 Å². The summed E-state index contributed by atoms with van der Waals surface area (Å²) >= 11 is 1.75.